The first kappa shape index (κ1) is 10.0. The molecule has 0 aliphatic heterocycles. The molecule has 1 aromatic carbocycles. The fourth-order valence-corrected chi connectivity index (χ4v) is 0.875. The predicted octanol–water partition coefficient (Wildman–Crippen LogP) is 2.54. The van der Waals surface area contributed by atoms with Crippen LogP contribution in [0.5, 0.6) is 0 Å². The van der Waals surface area contributed by atoms with Crippen LogP contribution in [0.3, 0.4) is 0 Å². The molecule has 3 nitrogen and oxygen atoms in total. The fourth-order valence-electron chi connectivity index (χ4n) is 0.749. The summed E-state index contributed by atoms with van der Waals surface area (Å²) in [6, 6.07) is 7.22. The van der Waals surface area contributed by atoms with Crippen molar-refractivity contribution < 1.29 is 4.84 Å². The smallest absolute Gasteiger partial charge is 0.113 e. The van der Waals surface area contributed by atoms with Crippen LogP contribution in [0, 0.1) is 0 Å². The van der Waals surface area contributed by atoms with Crippen molar-refractivity contribution in [1.82, 2.24) is 5.48 Å². The van der Waals surface area contributed by atoms with Gasteiger partial charge in [-0.15, -0.1) is 0 Å². The van der Waals surface area contributed by atoms with Crippen LogP contribution in [0.15, 0.2) is 29.3 Å². The largest absolute Gasteiger partial charge is 0.276 e. The molecule has 0 unspecified atom stereocenters. The summed E-state index contributed by atoms with van der Waals surface area (Å²) >= 11 is 5.70. The summed E-state index contributed by atoms with van der Waals surface area (Å²) in [5.74, 6) is 0. The van der Waals surface area contributed by atoms with Crippen LogP contribution in [-0.4, -0.2) is 12.9 Å². The van der Waals surface area contributed by atoms with E-state index in [4.69, 9.17) is 16.4 Å². The van der Waals surface area contributed by atoms with Crippen LogP contribution in [0.4, 0.5) is 5.69 Å². The van der Waals surface area contributed by atoms with Gasteiger partial charge in [0.25, 0.3) is 0 Å². The topological polar surface area (TPSA) is 33.6 Å². The Kier molecular flexibility index (Phi) is 4.29. The zero-order chi connectivity index (χ0) is 9.52. The molecule has 13 heavy (non-hydrogen) atoms. The zero-order valence-electron chi connectivity index (χ0n) is 7.33. The number of aliphatic imine (C=N–C) groups is 1. The first-order valence-corrected chi connectivity index (χ1v) is 4.36. The molecule has 0 spiro atoms. The Hall–Kier alpha value is -1.06. The van der Waals surface area contributed by atoms with Crippen molar-refractivity contribution in [3.63, 3.8) is 0 Å². The van der Waals surface area contributed by atoms with E-state index in [1.165, 1.54) is 6.34 Å². The summed E-state index contributed by atoms with van der Waals surface area (Å²) < 4.78 is 0. The molecule has 4 heteroatoms. The number of nitrogens with one attached hydrogen (secondary N) is 1. The number of halogens is 1. The van der Waals surface area contributed by atoms with Gasteiger partial charge in [0.15, 0.2) is 0 Å². The first-order chi connectivity index (χ1) is 6.33. The number of benzene rings is 1. The van der Waals surface area contributed by atoms with Crippen LogP contribution in [-0.2, 0) is 4.84 Å². The van der Waals surface area contributed by atoms with E-state index in [1.54, 1.807) is 12.1 Å². The SMILES string of the molecule is CCONC=Nc1ccc(Cl)cc1. The van der Waals surface area contributed by atoms with Gasteiger partial charge in [0.05, 0.1) is 12.3 Å². The zero-order valence-corrected chi connectivity index (χ0v) is 8.08. The van der Waals surface area contributed by atoms with Crippen LogP contribution in [0.2, 0.25) is 5.02 Å². The quantitative estimate of drug-likeness (QED) is 0.349. The minimum Gasteiger partial charge on any atom is -0.276 e. The minimum absolute atomic E-state index is 0.604. The average Bonchev–Trinajstić information content (AvgIpc) is 2.15. The normalized spacial score (nSPS) is 10.6. The Bertz CT molecular complexity index is 271. The van der Waals surface area contributed by atoms with Crippen molar-refractivity contribution >= 4 is 23.6 Å². The average molecular weight is 199 g/mol. The summed E-state index contributed by atoms with van der Waals surface area (Å²) in [5.41, 5.74) is 3.40. The third-order valence-electron chi connectivity index (χ3n) is 1.32. The molecule has 0 aromatic heterocycles. The lowest BCUT2D eigenvalue weighted by Crippen LogP contribution is -2.10. The van der Waals surface area contributed by atoms with Gasteiger partial charge in [-0.2, -0.15) is 0 Å². The summed E-state index contributed by atoms with van der Waals surface area (Å²) in [6.45, 7) is 2.50. The van der Waals surface area contributed by atoms with E-state index in [2.05, 4.69) is 10.5 Å². The van der Waals surface area contributed by atoms with E-state index >= 15 is 0 Å². The van der Waals surface area contributed by atoms with E-state index in [0.29, 0.717) is 11.6 Å². The minimum atomic E-state index is 0.604. The molecule has 1 rings (SSSR count). The summed E-state index contributed by atoms with van der Waals surface area (Å²) in [5, 5.41) is 0.705. The second-order valence-electron chi connectivity index (χ2n) is 2.29. The number of hydrogen-bond donors (Lipinski definition) is 1. The van der Waals surface area contributed by atoms with Gasteiger partial charge in [0.2, 0.25) is 0 Å². The molecular formula is C9H11ClN2O. The highest BCUT2D eigenvalue weighted by Crippen LogP contribution is 2.15. The molecule has 0 bridgehead atoms. The lowest BCUT2D eigenvalue weighted by Gasteiger charge is -1.96. The van der Waals surface area contributed by atoms with Gasteiger partial charge in [-0.25, -0.2) is 4.99 Å². The number of hydroxylamine groups is 1. The maximum absolute atomic E-state index is 5.70. The molecule has 1 aromatic rings. The van der Waals surface area contributed by atoms with Gasteiger partial charge in [-0.05, 0) is 31.2 Å². The van der Waals surface area contributed by atoms with Crippen molar-refractivity contribution in [3.05, 3.63) is 29.3 Å². The highest BCUT2D eigenvalue weighted by atomic mass is 35.5. The first-order valence-electron chi connectivity index (χ1n) is 3.98. The molecule has 0 aliphatic carbocycles. The Morgan fingerprint density at radius 2 is 2.15 bits per heavy atom. The summed E-state index contributed by atoms with van der Waals surface area (Å²) in [7, 11) is 0. The molecule has 0 fully saturated rings. The standard InChI is InChI=1S/C9H11ClN2O/c1-2-13-12-7-11-9-5-3-8(10)4-6-9/h3-7H,2H2,1H3,(H,11,12). The maximum atomic E-state index is 5.70. The van der Waals surface area contributed by atoms with Gasteiger partial charge in [0, 0.05) is 5.02 Å². The Morgan fingerprint density at radius 3 is 2.77 bits per heavy atom. The molecule has 1 N–H and O–H groups in total. The second-order valence-corrected chi connectivity index (χ2v) is 2.72. The second kappa shape index (κ2) is 5.56. The van der Waals surface area contributed by atoms with Crippen molar-refractivity contribution in [2.75, 3.05) is 6.61 Å². The third kappa shape index (κ3) is 3.92. The van der Waals surface area contributed by atoms with E-state index in [9.17, 15) is 0 Å². The van der Waals surface area contributed by atoms with Gasteiger partial charge in [-0.1, -0.05) is 11.6 Å². The molecule has 0 saturated heterocycles. The van der Waals surface area contributed by atoms with E-state index in [1.807, 2.05) is 19.1 Å². The molecule has 0 atom stereocenters. The van der Waals surface area contributed by atoms with E-state index < -0.39 is 0 Å². The lowest BCUT2D eigenvalue weighted by molar-refractivity contribution is 0.100. The van der Waals surface area contributed by atoms with Gasteiger partial charge >= 0.3 is 0 Å². The van der Waals surface area contributed by atoms with Crippen LogP contribution < -0.4 is 5.48 Å². The Labute approximate surface area is 82.3 Å². The summed E-state index contributed by atoms with van der Waals surface area (Å²) in [6.07, 6.45) is 1.49. The molecule has 70 valence electrons. The number of hydrogen-bond acceptors (Lipinski definition) is 2. The van der Waals surface area contributed by atoms with Crippen LogP contribution >= 0.6 is 11.6 Å². The highest BCUT2D eigenvalue weighted by Gasteiger charge is 1.87. The van der Waals surface area contributed by atoms with E-state index in [0.717, 1.165) is 5.69 Å². The highest BCUT2D eigenvalue weighted by molar-refractivity contribution is 6.30. The van der Waals surface area contributed by atoms with Gasteiger partial charge in [-0.3, -0.25) is 10.3 Å². The number of rotatable bonds is 4. The fraction of sp³-hybridized carbons (Fsp3) is 0.222. The van der Waals surface area contributed by atoms with Crippen molar-refractivity contribution in [3.8, 4) is 0 Å². The van der Waals surface area contributed by atoms with Crippen LogP contribution in [0.25, 0.3) is 0 Å². The molecule has 0 saturated carbocycles. The van der Waals surface area contributed by atoms with Gasteiger partial charge < -0.3 is 0 Å². The van der Waals surface area contributed by atoms with Crippen molar-refractivity contribution in [1.29, 1.82) is 0 Å². The predicted molar refractivity (Wildman–Crippen MR) is 54.4 cm³/mol. The lowest BCUT2D eigenvalue weighted by atomic mass is 10.3. The summed E-state index contributed by atoms with van der Waals surface area (Å²) in [4.78, 5) is 8.92. The van der Waals surface area contributed by atoms with Crippen molar-refractivity contribution in [2.45, 2.75) is 6.92 Å². The molecule has 0 radical (unpaired) electrons. The monoisotopic (exact) mass is 198 g/mol. The molecule has 0 aliphatic rings. The van der Waals surface area contributed by atoms with E-state index in [-0.39, 0.29) is 0 Å². The molecule has 0 amide bonds. The van der Waals surface area contributed by atoms with Gasteiger partial charge in [0.1, 0.15) is 6.34 Å². The third-order valence-corrected chi connectivity index (χ3v) is 1.57. The number of nitrogens with zero attached hydrogens (tertiary/aromatic N) is 1. The maximum Gasteiger partial charge on any atom is 0.113 e. The Morgan fingerprint density at radius 1 is 1.46 bits per heavy atom. The molecular weight excluding hydrogens is 188 g/mol. The van der Waals surface area contributed by atoms with Crippen LogP contribution in [0.1, 0.15) is 6.92 Å². The molecule has 0 heterocycles. The van der Waals surface area contributed by atoms with Crippen molar-refractivity contribution in [2.24, 2.45) is 4.99 Å². The Balaban J connectivity index is 2.44.